The first-order valence-corrected chi connectivity index (χ1v) is 5.84. The molecule has 2 aromatic carbocycles. The zero-order valence-electron chi connectivity index (χ0n) is 11.0. The number of carboxylic acid groups (broad SMARTS) is 1. The molecule has 0 unspecified atom stereocenters. The topological polar surface area (TPSA) is 79.6 Å². The van der Waals surface area contributed by atoms with Gasteiger partial charge in [0.25, 0.3) is 0 Å². The molecule has 5 nitrogen and oxygen atoms in total. The van der Waals surface area contributed by atoms with Gasteiger partial charge in [-0.25, -0.2) is 9.18 Å². The first kappa shape index (κ1) is 14.3. The summed E-state index contributed by atoms with van der Waals surface area (Å²) in [5.41, 5.74) is -0.0172. The molecule has 1 N–H and O–H groups in total. The number of carboxylic acids is 1. The second-order valence-electron chi connectivity index (χ2n) is 4.00. The molecular formula is C15H10FNO4. The SMILES string of the molecule is COc1cccc(C(=O)O)c1Oc1ccc(C#N)cc1F. The van der Waals surface area contributed by atoms with Crippen LogP contribution in [0.1, 0.15) is 15.9 Å². The fourth-order valence-corrected chi connectivity index (χ4v) is 1.71. The van der Waals surface area contributed by atoms with Gasteiger partial charge in [0.1, 0.15) is 5.56 Å². The Morgan fingerprint density at radius 2 is 2.05 bits per heavy atom. The highest BCUT2D eigenvalue weighted by Crippen LogP contribution is 2.36. The first-order valence-electron chi connectivity index (χ1n) is 5.84. The molecule has 0 aromatic heterocycles. The lowest BCUT2D eigenvalue weighted by molar-refractivity contribution is 0.0693. The second-order valence-corrected chi connectivity index (χ2v) is 4.00. The predicted octanol–water partition coefficient (Wildman–Crippen LogP) is 3.20. The number of nitrogens with zero attached hydrogens (tertiary/aromatic N) is 1. The number of rotatable bonds is 4. The number of carbonyl (C=O) groups is 1. The zero-order valence-corrected chi connectivity index (χ0v) is 11.0. The standard InChI is InChI=1S/C15H10FNO4/c1-20-13-4-2-3-10(15(18)19)14(13)21-12-6-5-9(8-17)7-11(12)16/h2-7H,1H3,(H,18,19). The normalized spacial score (nSPS) is 9.76. The van der Waals surface area contributed by atoms with Gasteiger partial charge in [0, 0.05) is 0 Å². The van der Waals surface area contributed by atoms with E-state index in [9.17, 15) is 9.18 Å². The summed E-state index contributed by atoms with van der Waals surface area (Å²) in [6, 6.07) is 9.74. The molecule has 2 rings (SSSR count). The Balaban J connectivity index is 2.48. The highest BCUT2D eigenvalue weighted by Gasteiger charge is 2.18. The Kier molecular flexibility index (Phi) is 4.05. The maximum atomic E-state index is 13.8. The maximum Gasteiger partial charge on any atom is 0.339 e. The van der Waals surface area contributed by atoms with Gasteiger partial charge in [0.15, 0.2) is 23.1 Å². The predicted molar refractivity (Wildman–Crippen MR) is 71.1 cm³/mol. The van der Waals surface area contributed by atoms with Crippen LogP contribution in [0.4, 0.5) is 4.39 Å². The number of nitriles is 1. The van der Waals surface area contributed by atoms with Crippen LogP contribution in [0.2, 0.25) is 0 Å². The van der Waals surface area contributed by atoms with E-state index in [2.05, 4.69) is 0 Å². The van der Waals surface area contributed by atoms with Crippen molar-refractivity contribution in [3.63, 3.8) is 0 Å². The van der Waals surface area contributed by atoms with E-state index in [0.717, 1.165) is 6.07 Å². The molecule has 0 saturated carbocycles. The van der Waals surface area contributed by atoms with Crippen molar-refractivity contribution < 1.29 is 23.8 Å². The molecule has 6 heteroatoms. The van der Waals surface area contributed by atoms with Crippen LogP contribution in [0.3, 0.4) is 0 Å². The fraction of sp³-hybridized carbons (Fsp3) is 0.0667. The summed E-state index contributed by atoms with van der Waals surface area (Å²) in [5, 5.41) is 17.8. The Labute approximate surface area is 119 Å². The number of halogens is 1. The highest BCUT2D eigenvalue weighted by molar-refractivity contribution is 5.92. The third-order valence-electron chi connectivity index (χ3n) is 2.70. The molecule has 2 aromatic rings. The van der Waals surface area contributed by atoms with Crippen LogP contribution >= 0.6 is 0 Å². The van der Waals surface area contributed by atoms with E-state index in [0.29, 0.717) is 0 Å². The summed E-state index contributed by atoms with van der Waals surface area (Å²) >= 11 is 0. The van der Waals surface area contributed by atoms with Crippen molar-refractivity contribution in [1.29, 1.82) is 5.26 Å². The summed E-state index contributed by atoms with van der Waals surface area (Å²) in [4.78, 5) is 11.2. The minimum Gasteiger partial charge on any atom is -0.493 e. The summed E-state index contributed by atoms with van der Waals surface area (Å²) in [7, 11) is 1.35. The first-order chi connectivity index (χ1) is 10.1. The van der Waals surface area contributed by atoms with Crippen LogP contribution < -0.4 is 9.47 Å². The van der Waals surface area contributed by atoms with Crippen LogP contribution in [0.5, 0.6) is 17.2 Å². The van der Waals surface area contributed by atoms with Gasteiger partial charge in [-0.05, 0) is 30.3 Å². The lowest BCUT2D eigenvalue weighted by Crippen LogP contribution is -2.02. The number of methoxy groups -OCH3 is 1. The highest BCUT2D eigenvalue weighted by atomic mass is 19.1. The van der Waals surface area contributed by atoms with Crippen molar-refractivity contribution >= 4 is 5.97 Å². The number of benzene rings is 2. The number of hydrogen-bond donors (Lipinski definition) is 1. The van der Waals surface area contributed by atoms with Crippen molar-refractivity contribution in [2.24, 2.45) is 0 Å². The molecule has 0 heterocycles. The molecule has 0 spiro atoms. The van der Waals surface area contributed by atoms with Crippen molar-refractivity contribution in [1.82, 2.24) is 0 Å². The molecule has 21 heavy (non-hydrogen) atoms. The molecule has 0 bridgehead atoms. The second kappa shape index (κ2) is 5.92. The van der Waals surface area contributed by atoms with Crippen molar-refractivity contribution in [3.8, 4) is 23.3 Å². The summed E-state index contributed by atoms with van der Waals surface area (Å²) in [6.45, 7) is 0. The Morgan fingerprint density at radius 1 is 1.29 bits per heavy atom. The van der Waals surface area contributed by atoms with Crippen LogP contribution in [-0.4, -0.2) is 18.2 Å². The van der Waals surface area contributed by atoms with Gasteiger partial charge >= 0.3 is 5.97 Å². The van der Waals surface area contributed by atoms with Gasteiger partial charge in [-0.3, -0.25) is 0 Å². The van der Waals surface area contributed by atoms with E-state index in [4.69, 9.17) is 19.8 Å². The summed E-state index contributed by atoms with van der Waals surface area (Å²) < 4.78 is 24.2. The van der Waals surface area contributed by atoms with Crippen molar-refractivity contribution in [2.45, 2.75) is 0 Å². The van der Waals surface area contributed by atoms with E-state index in [1.807, 2.05) is 0 Å². The monoisotopic (exact) mass is 287 g/mol. The van der Waals surface area contributed by atoms with Crippen molar-refractivity contribution in [2.75, 3.05) is 7.11 Å². The largest absolute Gasteiger partial charge is 0.493 e. The Bertz CT molecular complexity index is 737. The van der Waals surface area contributed by atoms with E-state index in [1.54, 1.807) is 6.07 Å². The molecule has 0 atom stereocenters. The minimum absolute atomic E-state index is 0.101. The van der Waals surface area contributed by atoms with Gasteiger partial charge in [-0.15, -0.1) is 0 Å². The van der Waals surface area contributed by atoms with Gasteiger partial charge < -0.3 is 14.6 Å². The quantitative estimate of drug-likeness (QED) is 0.934. The average molecular weight is 287 g/mol. The number of aromatic carboxylic acids is 1. The van der Waals surface area contributed by atoms with Crippen LogP contribution in [0, 0.1) is 17.1 Å². The van der Waals surface area contributed by atoms with E-state index >= 15 is 0 Å². The van der Waals surface area contributed by atoms with Crippen LogP contribution in [0.15, 0.2) is 36.4 Å². The third-order valence-corrected chi connectivity index (χ3v) is 2.70. The fourth-order valence-electron chi connectivity index (χ4n) is 1.71. The lowest BCUT2D eigenvalue weighted by Gasteiger charge is -2.13. The molecule has 0 amide bonds. The number of para-hydroxylation sites is 1. The van der Waals surface area contributed by atoms with E-state index < -0.39 is 11.8 Å². The third kappa shape index (κ3) is 2.92. The van der Waals surface area contributed by atoms with Gasteiger partial charge in [-0.1, -0.05) is 6.07 Å². The zero-order chi connectivity index (χ0) is 15.4. The van der Waals surface area contributed by atoms with Gasteiger partial charge in [-0.2, -0.15) is 5.26 Å². The molecular weight excluding hydrogens is 277 g/mol. The molecule has 106 valence electrons. The summed E-state index contributed by atoms with van der Waals surface area (Å²) in [6.07, 6.45) is 0. The van der Waals surface area contributed by atoms with Gasteiger partial charge in [0.2, 0.25) is 0 Å². The molecule has 0 aliphatic rings. The molecule has 0 saturated heterocycles. The molecule has 0 aliphatic carbocycles. The molecule has 0 aliphatic heterocycles. The molecule has 0 radical (unpaired) electrons. The molecule has 0 fully saturated rings. The minimum atomic E-state index is -1.22. The Hall–Kier alpha value is -3.07. The van der Waals surface area contributed by atoms with Crippen LogP contribution in [-0.2, 0) is 0 Å². The smallest absolute Gasteiger partial charge is 0.339 e. The van der Waals surface area contributed by atoms with Crippen molar-refractivity contribution in [3.05, 3.63) is 53.3 Å². The Morgan fingerprint density at radius 3 is 2.62 bits per heavy atom. The number of hydrogen-bond acceptors (Lipinski definition) is 4. The summed E-state index contributed by atoms with van der Waals surface area (Å²) in [5.74, 6) is -2.12. The van der Waals surface area contributed by atoms with E-state index in [1.165, 1.54) is 37.4 Å². The van der Waals surface area contributed by atoms with E-state index in [-0.39, 0.29) is 28.4 Å². The average Bonchev–Trinajstić information content (AvgIpc) is 2.49. The number of ether oxygens (including phenoxy) is 2. The maximum absolute atomic E-state index is 13.8. The lowest BCUT2D eigenvalue weighted by atomic mass is 10.2. The van der Waals surface area contributed by atoms with Gasteiger partial charge in [0.05, 0.1) is 18.7 Å². The van der Waals surface area contributed by atoms with Crippen LogP contribution in [0.25, 0.3) is 0 Å².